The predicted octanol–water partition coefficient (Wildman–Crippen LogP) is 3.69. The second kappa shape index (κ2) is 9.77. The van der Waals surface area contributed by atoms with Gasteiger partial charge in [-0.1, -0.05) is 0 Å². The fourth-order valence-electron chi connectivity index (χ4n) is 4.74. The predicted molar refractivity (Wildman–Crippen MR) is 139 cm³/mol. The number of benzene rings is 2. The van der Waals surface area contributed by atoms with Gasteiger partial charge in [0, 0.05) is 22.7 Å². The molecular weight excluding hydrogens is 548 g/mol. The van der Waals surface area contributed by atoms with Crippen LogP contribution in [0, 0.1) is 5.82 Å². The molecular formula is C28H24F4N4O5. The van der Waals surface area contributed by atoms with Crippen LogP contribution >= 0.6 is 0 Å². The highest BCUT2D eigenvalue weighted by atomic mass is 19.4. The molecule has 9 nitrogen and oxygen atoms in total. The number of rotatable bonds is 7. The first-order valence-corrected chi connectivity index (χ1v) is 12.3. The summed E-state index contributed by atoms with van der Waals surface area (Å²) in [6.45, 7) is -0.229. The van der Waals surface area contributed by atoms with Crippen LogP contribution in [0.5, 0.6) is 11.5 Å². The van der Waals surface area contributed by atoms with Gasteiger partial charge in [0.2, 0.25) is 11.5 Å². The lowest BCUT2D eigenvalue weighted by molar-refractivity contribution is -0.265. The second-order valence-corrected chi connectivity index (χ2v) is 9.85. The number of aliphatic hydroxyl groups is 1. The molecule has 0 fully saturated rings. The highest BCUT2D eigenvalue weighted by Crippen LogP contribution is 2.47. The minimum atomic E-state index is -5.34. The van der Waals surface area contributed by atoms with E-state index in [-0.39, 0.29) is 34.7 Å². The number of H-pyrrole nitrogens is 1. The van der Waals surface area contributed by atoms with Crippen LogP contribution in [0.3, 0.4) is 0 Å². The van der Waals surface area contributed by atoms with E-state index >= 15 is 0 Å². The number of hydrogen-bond donors (Lipinski definition) is 4. The molecule has 1 aliphatic heterocycles. The van der Waals surface area contributed by atoms with Gasteiger partial charge in [-0.25, -0.2) is 9.37 Å². The molecule has 0 saturated carbocycles. The zero-order valence-corrected chi connectivity index (χ0v) is 21.7. The molecule has 0 bridgehead atoms. The minimum absolute atomic E-state index is 0.0129. The monoisotopic (exact) mass is 572 g/mol. The van der Waals surface area contributed by atoms with Crippen molar-refractivity contribution in [1.82, 2.24) is 15.3 Å². The van der Waals surface area contributed by atoms with Gasteiger partial charge in [-0.2, -0.15) is 13.2 Å². The molecule has 0 spiro atoms. The third-order valence-electron chi connectivity index (χ3n) is 7.28. The van der Waals surface area contributed by atoms with Crippen LogP contribution in [-0.4, -0.2) is 53.3 Å². The Kier molecular flexibility index (Phi) is 6.65. The maximum Gasteiger partial charge on any atom is 0.424 e. The Morgan fingerprint density at radius 1 is 1.20 bits per heavy atom. The zero-order chi connectivity index (χ0) is 29.7. The lowest BCUT2D eigenvalue weighted by atomic mass is 9.81. The van der Waals surface area contributed by atoms with E-state index < -0.39 is 47.1 Å². The number of alkyl halides is 3. The van der Waals surface area contributed by atoms with E-state index in [1.54, 1.807) is 12.3 Å². The average molecular weight is 573 g/mol. The standard InChI is InChI=1S/C28H24F4N4O5/c1-26(25(33)38)13-41-23-18(26)11-20(36-21(23)14-3-5-15(29)6-4-14)27(39,28(30,31)32)12-35-24(37)17-7-8-19(40-2)16-9-10-34-22(16)17/h3-11,34,39H,12-13H2,1-2H3,(H2,33,38)(H,35,37)/t26-,27?/m0/s1. The number of amides is 2. The average Bonchev–Trinajstić information content (AvgIpc) is 3.56. The number of methoxy groups -OCH3 is 1. The van der Waals surface area contributed by atoms with Gasteiger partial charge in [0.1, 0.15) is 35.0 Å². The number of aromatic nitrogens is 2. The molecule has 2 aromatic heterocycles. The molecule has 0 radical (unpaired) electrons. The number of nitrogens with zero attached hydrogens (tertiary/aromatic N) is 1. The Balaban J connectivity index is 1.60. The number of pyridine rings is 1. The van der Waals surface area contributed by atoms with Crippen molar-refractivity contribution in [2.75, 3.05) is 20.3 Å². The molecule has 3 heterocycles. The lowest BCUT2D eigenvalue weighted by Gasteiger charge is -2.31. The van der Waals surface area contributed by atoms with Crippen LogP contribution < -0.4 is 20.5 Å². The van der Waals surface area contributed by atoms with E-state index in [1.165, 1.54) is 38.3 Å². The summed E-state index contributed by atoms with van der Waals surface area (Å²) in [4.78, 5) is 32.4. The molecule has 41 heavy (non-hydrogen) atoms. The van der Waals surface area contributed by atoms with Crippen molar-refractivity contribution >= 4 is 22.7 Å². The lowest BCUT2D eigenvalue weighted by Crippen LogP contribution is -2.51. The first-order valence-electron chi connectivity index (χ1n) is 12.3. The molecule has 0 saturated heterocycles. The largest absolute Gasteiger partial charge is 0.496 e. The molecule has 2 amide bonds. The summed E-state index contributed by atoms with van der Waals surface area (Å²) < 4.78 is 68.3. The van der Waals surface area contributed by atoms with Crippen LogP contribution in [0.2, 0.25) is 0 Å². The van der Waals surface area contributed by atoms with Gasteiger partial charge in [0.25, 0.3) is 5.91 Å². The van der Waals surface area contributed by atoms with E-state index in [2.05, 4.69) is 15.3 Å². The molecule has 1 unspecified atom stereocenters. The Hall–Kier alpha value is -4.65. The molecule has 5 N–H and O–H groups in total. The molecule has 5 rings (SSSR count). The quantitative estimate of drug-likeness (QED) is 0.249. The highest BCUT2D eigenvalue weighted by molar-refractivity contribution is 6.07. The molecule has 2 aromatic carbocycles. The number of carbonyl (C=O) groups excluding carboxylic acids is 2. The van der Waals surface area contributed by atoms with Crippen molar-refractivity contribution in [2.24, 2.45) is 5.73 Å². The summed E-state index contributed by atoms with van der Waals surface area (Å²) in [5.74, 6) is -1.97. The number of hydrogen-bond acceptors (Lipinski definition) is 6. The maximum atomic E-state index is 14.6. The van der Waals surface area contributed by atoms with Crippen molar-refractivity contribution in [3.63, 3.8) is 0 Å². The normalized spacial score (nSPS) is 17.9. The summed E-state index contributed by atoms with van der Waals surface area (Å²) in [5, 5.41) is 13.9. The van der Waals surface area contributed by atoms with Crippen LogP contribution in [0.4, 0.5) is 17.6 Å². The van der Waals surface area contributed by atoms with Gasteiger partial charge in [0.05, 0.1) is 30.4 Å². The topological polar surface area (TPSA) is 140 Å². The van der Waals surface area contributed by atoms with E-state index in [1.807, 2.05) is 0 Å². The third kappa shape index (κ3) is 4.51. The molecule has 0 aliphatic carbocycles. The Morgan fingerprint density at radius 2 is 1.90 bits per heavy atom. The van der Waals surface area contributed by atoms with Gasteiger partial charge in [-0.05, 0) is 55.5 Å². The number of ether oxygens (including phenoxy) is 2. The van der Waals surface area contributed by atoms with Crippen LogP contribution in [0.25, 0.3) is 22.2 Å². The molecule has 4 aromatic rings. The number of aromatic amines is 1. The molecule has 214 valence electrons. The number of carbonyl (C=O) groups is 2. The second-order valence-electron chi connectivity index (χ2n) is 9.85. The van der Waals surface area contributed by atoms with Crippen LogP contribution in [0.1, 0.15) is 28.5 Å². The van der Waals surface area contributed by atoms with Gasteiger partial charge in [0.15, 0.2) is 0 Å². The fourth-order valence-corrected chi connectivity index (χ4v) is 4.74. The molecule has 13 heteroatoms. The Morgan fingerprint density at radius 3 is 2.54 bits per heavy atom. The van der Waals surface area contributed by atoms with Crippen molar-refractivity contribution in [2.45, 2.75) is 24.1 Å². The summed E-state index contributed by atoms with van der Waals surface area (Å²) in [6.07, 6.45) is -3.80. The van der Waals surface area contributed by atoms with Gasteiger partial charge in [-0.15, -0.1) is 0 Å². The Labute approximate surface area is 230 Å². The van der Waals surface area contributed by atoms with Gasteiger partial charge >= 0.3 is 6.18 Å². The zero-order valence-electron chi connectivity index (χ0n) is 21.7. The number of nitrogens with one attached hydrogen (secondary N) is 2. The summed E-state index contributed by atoms with van der Waals surface area (Å²) in [7, 11) is 1.43. The number of halogens is 4. The first kappa shape index (κ1) is 27.9. The number of nitrogens with two attached hydrogens (primary N) is 1. The van der Waals surface area contributed by atoms with E-state index in [4.69, 9.17) is 15.2 Å². The number of primary amides is 1. The molecule has 2 atom stereocenters. The van der Waals surface area contributed by atoms with Crippen LogP contribution in [0.15, 0.2) is 54.7 Å². The van der Waals surface area contributed by atoms with Crippen molar-refractivity contribution in [3.05, 3.63) is 77.4 Å². The summed E-state index contributed by atoms with van der Waals surface area (Å²) >= 11 is 0. The fraction of sp³-hybridized carbons (Fsp3) is 0.250. The van der Waals surface area contributed by atoms with Gasteiger partial charge in [-0.3, -0.25) is 9.59 Å². The number of fused-ring (bicyclic) bond motifs is 2. The van der Waals surface area contributed by atoms with Crippen molar-refractivity contribution < 1.29 is 41.7 Å². The SMILES string of the molecule is COc1ccc(C(=O)NCC(O)(c2cc3c(c(-c4ccc(F)cc4)n2)OC[C@]3(C)C(N)=O)C(F)(F)F)c2[nH]ccc12. The Bertz CT molecular complexity index is 1670. The van der Waals surface area contributed by atoms with Gasteiger partial charge < -0.3 is 30.6 Å². The summed E-state index contributed by atoms with van der Waals surface area (Å²) in [6, 6.07) is 10.1. The van der Waals surface area contributed by atoms with E-state index in [0.29, 0.717) is 16.7 Å². The smallest absolute Gasteiger partial charge is 0.424 e. The highest BCUT2D eigenvalue weighted by Gasteiger charge is 2.57. The van der Waals surface area contributed by atoms with E-state index in [9.17, 15) is 32.3 Å². The molecule has 1 aliphatic rings. The van der Waals surface area contributed by atoms with Crippen molar-refractivity contribution in [1.29, 1.82) is 0 Å². The first-order chi connectivity index (χ1) is 19.3. The maximum absolute atomic E-state index is 14.6. The third-order valence-corrected chi connectivity index (χ3v) is 7.28. The van der Waals surface area contributed by atoms with Crippen LogP contribution in [-0.2, 0) is 15.8 Å². The van der Waals surface area contributed by atoms with E-state index in [0.717, 1.165) is 18.2 Å². The minimum Gasteiger partial charge on any atom is -0.496 e. The summed E-state index contributed by atoms with van der Waals surface area (Å²) in [5.41, 5.74) is -0.310. The van der Waals surface area contributed by atoms with Crippen molar-refractivity contribution in [3.8, 4) is 22.8 Å².